The first kappa shape index (κ1) is 19.5. The number of hydrogen-bond acceptors (Lipinski definition) is 3. The fraction of sp³-hybridized carbons (Fsp3) is 0.417. The molecule has 2 aromatic carbocycles. The molecule has 29 heavy (non-hydrogen) atoms. The van der Waals surface area contributed by atoms with E-state index in [1.54, 1.807) is 0 Å². The molecule has 2 aromatic rings. The van der Waals surface area contributed by atoms with Gasteiger partial charge in [-0.25, -0.2) is 0 Å². The van der Waals surface area contributed by atoms with Crippen molar-refractivity contribution >= 4 is 23.2 Å². The lowest BCUT2D eigenvalue weighted by Crippen LogP contribution is -2.49. The number of amides is 2. The summed E-state index contributed by atoms with van der Waals surface area (Å²) in [4.78, 5) is 29.7. The lowest BCUT2D eigenvalue weighted by molar-refractivity contribution is -0.134. The van der Waals surface area contributed by atoms with Gasteiger partial charge in [0, 0.05) is 37.6 Å². The van der Waals surface area contributed by atoms with Crippen molar-refractivity contribution in [2.75, 3.05) is 36.4 Å². The van der Waals surface area contributed by atoms with Gasteiger partial charge in [-0.2, -0.15) is 0 Å². The average molecular weight is 392 g/mol. The second kappa shape index (κ2) is 7.90. The van der Waals surface area contributed by atoms with Gasteiger partial charge < -0.3 is 15.1 Å². The van der Waals surface area contributed by atoms with Crippen LogP contribution in [0.25, 0.3) is 0 Å². The molecule has 2 amide bonds. The van der Waals surface area contributed by atoms with Gasteiger partial charge >= 0.3 is 0 Å². The van der Waals surface area contributed by atoms with Crippen LogP contribution in [0.5, 0.6) is 0 Å². The summed E-state index contributed by atoms with van der Waals surface area (Å²) in [7, 11) is 0. The third-order valence-corrected chi connectivity index (χ3v) is 6.24. The molecule has 5 nitrogen and oxygen atoms in total. The molecular formula is C24H29N3O2. The van der Waals surface area contributed by atoms with Gasteiger partial charge in [-0.05, 0) is 62.1 Å². The molecule has 0 aromatic heterocycles. The summed E-state index contributed by atoms with van der Waals surface area (Å²) in [5.74, 6) is -0.259. The van der Waals surface area contributed by atoms with Crippen molar-refractivity contribution in [1.82, 2.24) is 4.90 Å². The van der Waals surface area contributed by atoms with Gasteiger partial charge in [0.15, 0.2) is 0 Å². The lowest BCUT2D eigenvalue weighted by atomic mass is 10.1. The van der Waals surface area contributed by atoms with Gasteiger partial charge in [0.05, 0.1) is 11.8 Å². The van der Waals surface area contributed by atoms with E-state index in [-0.39, 0.29) is 23.7 Å². The molecule has 1 N–H and O–H groups in total. The van der Waals surface area contributed by atoms with Crippen LogP contribution in [0.3, 0.4) is 0 Å². The molecule has 0 radical (unpaired) electrons. The van der Waals surface area contributed by atoms with Gasteiger partial charge in [-0.3, -0.25) is 9.59 Å². The molecule has 152 valence electrons. The Labute approximate surface area is 172 Å². The summed E-state index contributed by atoms with van der Waals surface area (Å²) >= 11 is 0. The van der Waals surface area contributed by atoms with Crippen molar-refractivity contribution in [2.24, 2.45) is 11.8 Å². The molecule has 0 bridgehead atoms. The Balaban J connectivity index is 1.30. The van der Waals surface area contributed by atoms with Crippen LogP contribution in [0.15, 0.2) is 42.5 Å². The number of anilines is 2. The van der Waals surface area contributed by atoms with E-state index in [1.807, 2.05) is 36.1 Å². The highest BCUT2D eigenvalue weighted by atomic mass is 16.2. The molecule has 2 atom stereocenters. The van der Waals surface area contributed by atoms with Gasteiger partial charge in [-0.15, -0.1) is 0 Å². The second-order valence-corrected chi connectivity index (χ2v) is 8.34. The van der Waals surface area contributed by atoms with E-state index in [9.17, 15) is 9.59 Å². The molecule has 1 heterocycles. The van der Waals surface area contributed by atoms with Gasteiger partial charge in [0.25, 0.3) is 0 Å². The normalized spacial score (nSPS) is 21.1. The predicted octanol–water partition coefficient (Wildman–Crippen LogP) is 3.54. The summed E-state index contributed by atoms with van der Waals surface area (Å²) in [6, 6.07) is 14.1. The maximum Gasteiger partial charge on any atom is 0.228 e. The Bertz CT molecular complexity index is 931. The molecule has 1 aliphatic carbocycles. The standard InChI is InChI=1S/C24H29N3O2/c1-16-6-4-8-19(14-16)25-23(28)20-15-21(20)24(29)27-12-10-26(11-13-27)22-9-5-7-17(2)18(22)3/h4-9,14,20-21H,10-13,15H2,1-3H3,(H,25,28). The Hall–Kier alpha value is -2.82. The van der Waals surface area contributed by atoms with Crippen LogP contribution in [-0.2, 0) is 9.59 Å². The molecule has 1 saturated carbocycles. The molecule has 2 fully saturated rings. The Morgan fingerprint density at radius 1 is 0.931 bits per heavy atom. The molecular weight excluding hydrogens is 362 g/mol. The second-order valence-electron chi connectivity index (χ2n) is 8.34. The molecule has 4 rings (SSSR count). The number of rotatable bonds is 4. The highest BCUT2D eigenvalue weighted by Crippen LogP contribution is 2.41. The van der Waals surface area contributed by atoms with Crippen LogP contribution in [0.2, 0.25) is 0 Å². The number of piperazine rings is 1. The van der Waals surface area contributed by atoms with E-state index in [0.717, 1.165) is 37.4 Å². The summed E-state index contributed by atoms with van der Waals surface area (Å²) in [6.45, 7) is 9.39. The number of aryl methyl sites for hydroxylation is 2. The molecule has 0 spiro atoms. The topological polar surface area (TPSA) is 52.7 Å². The summed E-state index contributed by atoms with van der Waals surface area (Å²) in [5, 5.41) is 2.95. The molecule has 2 unspecified atom stereocenters. The van der Waals surface area contributed by atoms with Crippen LogP contribution in [0.4, 0.5) is 11.4 Å². The number of benzene rings is 2. The third-order valence-electron chi connectivity index (χ3n) is 6.24. The van der Waals surface area contributed by atoms with Crippen molar-refractivity contribution in [2.45, 2.75) is 27.2 Å². The fourth-order valence-corrected chi connectivity index (χ4v) is 4.20. The first-order chi connectivity index (χ1) is 13.9. The highest BCUT2D eigenvalue weighted by Gasteiger charge is 2.49. The largest absolute Gasteiger partial charge is 0.368 e. The van der Waals surface area contributed by atoms with E-state index >= 15 is 0 Å². The number of nitrogens with zero attached hydrogens (tertiary/aromatic N) is 2. The van der Waals surface area contributed by atoms with Gasteiger partial charge in [0.1, 0.15) is 0 Å². The number of nitrogens with one attached hydrogen (secondary N) is 1. The van der Waals surface area contributed by atoms with Crippen LogP contribution in [0, 0.1) is 32.6 Å². The quantitative estimate of drug-likeness (QED) is 0.867. The van der Waals surface area contributed by atoms with Crippen LogP contribution < -0.4 is 10.2 Å². The van der Waals surface area contributed by atoms with Crippen molar-refractivity contribution in [3.63, 3.8) is 0 Å². The van der Waals surface area contributed by atoms with E-state index in [0.29, 0.717) is 6.42 Å². The monoisotopic (exact) mass is 391 g/mol. The van der Waals surface area contributed by atoms with E-state index < -0.39 is 0 Å². The minimum Gasteiger partial charge on any atom is -0.368 e. The molecule has 5 heteroatoms. The minimum absolute atomic E-state index is 0.0389. The van der Waals surface area contributed by atoms with Crippen LogP contribution in [0.1, 0.15) is 23.1 Å². The highest BCUT2D eigenvalue weighted by molar-refractivity contribution is 5.99. The van der Waals surface area contributed by atoms with Crippen molar-refractivity contribution in [3.8, 4) is 0 Å². The molecule has 1 saturated heterocycles. The SMILES string of the molecule is Cc1cccc(NC(=O)C2CC2C(=O)N2CCN(c3cccc(C)c3C)CC2)c1. The maximum absolute atomic E-state index is 12.9. The Kier molecular flexibility index (Phi) is 5.31. The smallest absolute Gasteiger partial charge is 0.228 e. The van der Waals surface area contributed by atoms with E-state index in [1.165, 1.54) is 16.8 Å². The van der Waals surface area contributed by atoms with Crippen molar-refractivity contribution in [3.05, 3.63) is 59.2 Å². The number of carbonyl (C=O) groups excluding carboxylic acids is 2. The maximum atomic E-state index is 12.9. The third kappa shape index (κ3) is 4.14. The Morgan fingerprint density at radius 3 is 2.38 bits per heavy atom. The molecule has 1 aliphatic heterocycles. The summed E-state index contributed by atoms with van der Waals surface area (Å²) in [5.41, 5.74) is 5.77. The molecule has 2 aliphatic rings. The predicted molar refractivity (Wildman–Crippen MR) is 116 cm³/mol. The first-order valence-corrected chi connectivity index (χ1v) is 10.4. The van der Waals surface area contributed by atoms with Crippen molar-refractivity contribution < 1.29 is 9.59 Å². The van der Waals surface area contributed by atoms with Crippen LogP contribution >= 0.6 is 0 Å². The van der Waals surface area contributed by atoms with Gasteiger partial charge in [-0.1, -0.05) is 24.3 Å². The number of hydrogen-bond donors (Lipinski definition) is 1. The van der Waals surface area contributed by atoms with E-state index in [4.69, 9.17) is 0 Å². The van der Waals surface area contributed by atoms with Crippen LogP contribution in [-0.4, -0.2) is 42.9 Å². The van der Waals surface area contributed by atoms with Gasteiger partial charge in [0.2, 0.25) is 11.8 Å². The number of carbonyl (C=O) groups is 2. The summed E-state index contributed by atoms with van der Waals surface area (Å²) < 4.78 is 0. The average Bonchev–Trinajstić information content (AvgIpc) is 3.51. The van der Waals surface area contributed by atoms with E-state index in [2.05, 4.69) is 42.3 Å². The van der Waals surface area contributed by atoms with Crippen molar-refractivity contribution in [1.29, 1.82) is 0 Å². The fourth-order valence-electron chi connectivity index (χ4n) is 4.20. The zero-order valence-electron chi connectivity index (χ0n) is 17.4. The first-order valence-electron chi connectivity index (χ1n) is 10.4. The zero-order chi connectivity index (χ0) is 20.5. The minimum atomic E-state index is -0.194. The zero-order valence-corrected chi connectivity index (χ0v) is 17.4. The lowest BCUT2D eigenvalue weighted by Gasteiger charge is -2.37. The summed E-state index contributed by atoms with van der Waals surface area (Å²) in [6.07, 6.45) is 0.660. The Morgan fingerprint density at radius 2 is 1.66 bits per heavy atom.